The summed E-state index contributed by atoms with van der Waals surface area (Å²) in [5, 5.41) is 8.11. The average molecular weight is 557 g/mol. The number of aromatic nitrogens is 2. The van der Waals surface area contributed by atoms with E-state index in [2.05, 4.69) is 122 Å². The molecule has 0 radical (unpaired) electrons. The van der Waals surface area contributed by atoms with E-state index in [0.717, 1.165) is 0 Å². The fourth-order valence-corrected chi connectivity index (χ4v) is 3.93. The summed E-state index contributed by atoms with van der Waals surface area (Å²) < 4.78 is 4.32. The molecule has 0 aliphatic heterocycles. The smallest absolute Gasteiger partial charge is 0.00947 e. The molecule has 6 rings (SSSR count). The van der Waals surface area contributed by atoms with E-state index >= 15 is 0 Å². The zero-order valence-electron chi connectivity index (χ0n) is 18.7. The van der Waals surface area contributed by atoms with Crippen molar-refractivity contribution in [2.75, 3.05) is 0 Å². The Labute approximate surface area is 217 Å². The number of halogens is 2. The fourth-order valence-electron chi connectivity index (χ4n) is 3.93. The minimum Gasteiger partial charge on any atom is -1.00 e. The Morgan fingerprint density at radius 2 is 0.969 bits per heavy atom. The molecule has 0 aliphatic carbocycles. The van der Waals surface area contributed by atoms with Gasteiger partial charge in [-0.15, -0.1) is 80.8 Å². The molecule has 2 heterocycles. The summed E-state index contributed by atoms with van der Waals surface area (Å²) in [5.74, 6) is 0. The molecular weight excluding hydrogens is 531 g/mol. The number of nitrogens with zero attached hydrogens (tertiary/aromatic N) is 2. The van der Waals surface area contributed by atoms with Gasteiger partial charge in [0.05, 0.1) is 0 Å². The number of hydrogen-bond acceptors (Lipinski definition) is 0. The second-order valence-corrected chi connectivity index (χ2v) is 17.3. The Balaban J connectivity index is 0.000000185. The second-order valence-electron chi connectivity index (χ2n) is 7.91. The van der Waals surface area contributed by atoms with Crippen LogP contribution in [0.1, 0.15) is 0 Å². The summed E-state index contributed by atoms with van der Waals surface area (Å²) in [4.78, 5) is 0. The van der Waals surface area contributed by atoms with Gasteiger partial charge in [-0.25, -0.2) is 0 Å². The molecule has 0 aliphatic rings. The van der Waals surface area contributed by atoms with Gasteiger partial charge in [-0.2, -0.15) is 0 Å². The Kier molecular flexibility index (Phi) is 9.60. The zero-order chi connectivity index (χ0) is 21.3. The standard InChI is InChI=1S/2C12H10N.C2H6Si.2ClH.Zr/c2*1-13-7-6-11-10-5-3-2-4-9(10)8-12(11)13;1-3-2;;;/h2*2-8H,1H3;1-2H3;2*1H;/q2*-1;;;;+2/p-2. The van der Waals surface area contributed by atoms with E-state index in [4.69, 9.17) is 0 Å². The van der Waals surface area contributed by atoms with Gasteiger partial charge in [-0.05, 0) is 23.4 Å². The molecule has 0 saturated carbocycles. The number of fused-ring (bicyclic) bond motifs is 6. The quantitative estimate of drug-likeness (QED) is 0.194. The normalized spacial score (nSPS) is 10.2. The van der Waals surface area contributed by atoms with Gasteiger partial charge in [0.1, 0.15) is 0 Å². The van der Waals surface area contributed by atoms with Crippen molar-refractivity contribution in [2.45, 2.75) is 13.1 Å². The van der Waals surface area contributed by atoms with E-state index in [1.54, 1.807) is 23.3 Å². The summed E-state index contributed by atoms with van der Waals surface area (Å²) in [6, 6.07) is 25.9. The minimum absolute atomic E-state index is 0. The number of aryl methyl sites for hydroxylation is 2. The van der Waals surface area contributed by atoms with Crippen molar-refractivity contribution in [3.8, 4) is 0 Å². The van der Waals surface area contributed by atoms with Crippen molar-refractivity contribution in [2.24, 2.45) is 14.1 Å². The van der Waals surface area contributed by atoms with Gasteiger partial charge in [0.25, 0.3) is 0 Å². The molecule has 164 valence electrons. The van der Waals surface area contributed by atoms with Crippen molar-refractivity contribution >= 4 is 48.8 Å². The summed E-state index contributed by atoms with van der Waals surface area (Å²) in [6.07, 6.45) is 4.22. The molecule has 2 nitrogen and oxygen atoms in total. The molecule has 0 atom stereocenters. The number of rotatable bonds is 0. The van der Waals surface area contributed by atoms with Crippen LogP contribution in [-0.4, -0.2) is 14.6 Å². The van der Waals surface area contributed by atoms with Crippen molar-refractivity contribution in [1.29, 1.82) is 0 Å². The largest absolute Gasteiger partial charge is 1.00 e. The van der Waals surface area contributed by atoms with Crippen LogP contribution in [0.5, 0.6) is 0 Å². The number of benzene rings is 2. The molecule has 0 spiro atoms. The summed E-state index contributed by atoms with van der Waals surface area (Å²) in [7, 11) is 4.17. The molecule has 0 amide bonds. The Hall–Kier alpha value is -1.58. The van der Waals surface area contributed by atoms with E-state index in [9.17, 15) is 0 Å². The molecule has 0 unspecified atom stereocenters. The van der Waals surface area contributed by atoms with Crippen molar-refractivity contribution in [3.05, 3.63) is 85.2 Å². The third kappa shape index (κ3) is 5.48. The first-order valence-corrected chi connectivity index (χ1v) is 16.3. The second kappa shape index (κ2) is 11.5. The maximum absolute atomic E-state index is 2.31. The average Bonchev–Trinajstić information content (AvgIpc) is 3.45. The molecular formula is C26H26Cl2N2SiZr-2. The van der Waals surface area contributed by atoms with Gasteiger partial charge in [0.2, 0.25) is 0 Å². The van der Waals surface area contributed by atoms with Crippen LogP contribution in [0.3, 0.4) is 0 Å². The molecule has 2 aromatic heterocycles. The summed E-state index contributed by atoms with van der Waals surface area (Å²) >= 11 is 1.74. The van der Waals surface area contributed by atoms with E-state index in [0.29, 0.717) is 0 Å². The Morgan fingerprint density at radius 1 is 0.625 bits per heavy atom. The van der Waals surface area contributed by atoms with Crippen LogP contribution in [0, 0.1) is 0 Å². The first-order valence-electron chi connectivity index (χ1n) is 10.2. The fraction of sp³-hybridized carbons (Fsp3) is 0.154. The molecule has 4 aromatic carbocycles. The van der Waals surface area contributed by atoms with Crippen LogP contribution < -0.4 is 24.8 Å². The third-order valence-corrected chi connectivity index (χ3v) is 5.33. The van der Waals surface area contributed by atoms with Gasteiger partial charge in [0.15, 0.2) is 0 Å². The van der Waals surface area contributed by atoms with Crippen LogP contribution in [0.25, 0.3) is 43.4 Å². The first-order chi connectivity index (χ1) is 14.5. The third-order valence-electron chi connectivity index (χ3n) is 5.33. The van der Waals surface area contributed by atoms with E-state index < -0.39 is 0 Å². The van der Waals surface area contributed by atoms with Crippen molar-refractivity contribution in [1.82, 2.24) is 9.13 Å². The van der Waals surface area contributed by atoms with E-state index in [-0.39, 0.29) is 30.2 Å². The zero-order valence-corrected chi connectivity index (χ0v) is 23.7. The van der Waals surface area contributed by atoms with Crippen LogP contribution in [-0.2, 0) is 37.4 Å². The molecule has 0 bridgehead atoms. The van der Waals surface area contributed by atoms with Crippen molar-refractivity contribution < 1.29 is 48.1 Å². The number of hydrogen-bond donors (Lipinski definition) is 0. The maximum atomic E-state index is 2.31. The summed E-state index contributed by atoms with van der Waals surface area (Å²) in [5.41, 5.74) is 2.85. The Morgan fingerprint density at radius 3 is 1.34 bits per heavy atom. The first kappa shape index (κ1) is 26.7. The molecule has 32 heavy (non-hydrogen) atoms. The summed E-state index contributed by atoms with van der Waals surface area (Å²) in [6.45, 7) is 4.62. The van der Waals surface area contributed by atoms with Crippen LogP contribution in [0.2, 0.25) is 13.1 Å². The van der Waals surface area contributed by atoms with Gasteiger partial charge in [-0.1, -0.05) is 24.3 Å². The molecule has 0 N–H and O–H groups in total. The Bertz CT molecular complexity index is 1360. The van der Waals surface area contributed by atoms with Gasteiger partial charge in [-0.3, -0.25) is 0 Å². The van der Waals surface area contributed by atoms with Crippen LogP contribution >= 0.6 is 0 Å². The van der Waals surface area contributed by atoms with E-state index in [1.807, 2.05) is 0 Å². The van der Waals surface area contributed by atoms with Crippen LogP contribution in [0.4, 0.5) is 0 Å². The molecule has 6 heteroatoms. The van der Waals surface area contributed by atoms with Crippen LogP contribution in [0.15, 0.2) is 85.2 Å². The monoisotopic (exact) mass is 554 g/mol. The minimum atomic E-state index is 0. The van der Waals surface area contributed by atoms with Crippen molar-refractivity contribution in [3.63, 3.8) is 0 Å². The molecule has 0 saturated heterocycles. The molecule has 6 aromatic rings. The van der Waals surface area contributed by atoms with E-state index in [1.165, 1.54) is 43.4 Å². The topological polar surface area (TPSA) is 9.86 Å². The molecule has 0 fully saturated rings. The SMILES string of the molecule is C[Si](C)=[Zr+2].Cn1ccc2c3ccccc3[cH-]c21.Cn1ccc2c3ccccc3[cH-]c21.[Cl-].[Cl-]. The predicted molar refractivity (Wildman–Crippen MR) is 130 cm³/mol. The predicted octanol–water partition coefficient (Wildman–Crippen LogP) is 0.893. The maximum Gasteiger partial charge on any atom is 0.00947 e. The van der Waals surface area contributed by atoms with Gasteiger partial charge in [0, 0.05) is 14.1 Å². The van der Waals surface area contributed by atoms with Gasteiger partial charge >= 0.3 is 41.9 Å². The van der Waals surface area contributed by atoms with Gasteiger partial charge < -0.3 is 33.9 Å².